The summed E-state index contributed by atoms with van der Waals surface area (Å²) in [5.41, 5.74) is -2.21. The molecule has 0 aliphatic rings. The summed E-state index contributed by atoms with van der Waals surface area (Å²) in [6.07, 6.45) is -1.81. The van der Waals surface area contributed by atoms with Gasteiger partial charge in [0.05, 0.1) is 79.8 Å². The van der Waals surface area contributed by atoms with Gasteiger partial charge in [0.2, 0.25) is 26.3 Å². The first-order chi connectivity index (χ1) is 38.0. The largest absolute Gasteiger partial charge is 1.00 e. The number of amides is 2. The third-order valence-electron chi connectivity index (χ3n) is 8.09. The Hall–Kier alpha value is -3.23. The van der Waals surface area contributed by atoms with E-state index in [9.17, 15) is 50.0 Å². The second-order valence-corrected chi connectivity index (χ2v) is 21.4. The molecule has 2 atom stereocenters. The number of carbonyl (C=O) groups is 7. The maximum atomic E-state index is 12.8. The number of nitrogens with one attached hydrogen (secondary N) is 4. The molecule has 0 aliphatic carbocycles. The number of sulfonamides is 2. The van der Waals surface area contributed by atoms with Crippen molar-refractivity contribution in [1.82, 2.24) is 10.6 Å². The number of rotatable bonds is 20. The van der Waals surface area contributed by atoms with Crippen molar-refractivity contribution in [3.63, 3.8) is 0 Å². The fourth-order valence-electron chi connectivity index (χ4n) is 5.15. The molecule has 0 saturated heterocycles. The monoisotopic (exact) mass is 1520 g/mol. The van der Waals surface area contributed by atoms with Crippen LogP contribution < -0.4 is 175 Å². The van der Waals surface area contributed by atoms with E-state index in [2.05, 4.69) is 35.6 Å². The number of carboxylic acid groups (broad SMARTS) is 1. The number of hydrogen-bond donors (Lipinski definition) is 7. The van der Waals surface area contributed by atoms with Crippen molar-refractivity contribution in [3.8, 4) is 0 Å². The summed E-state index contributed by atoms with van der Waals surface area (Å²) < 4.78 is 106. The van der Waals surface area contributed by atoms with Crippen LogP contribution in [0.5, 0.6) is 0 Å². The Labute approximate surface area is 612 Å². The normalized spacial score (nSPS) is 11.4. The van der Waals surface area contributed by atoms with Crippen molar-refractivity contribution in [2.24, 2.45) is 10.3 Å². The quantitative estimate of drug-likeness (QED) is 0.00933. The summed E-state index contributed by atoms with van der Waals surface area (Å²) in [4.78, 5) is 79.8. The van der Waals surface area contributed by atoms with E-state index in [1.807, 2.05) is 0 Å². The smallest absolute Gasteiger partial charge is 1.00 e. The first-order valence-corrected chi connectivity index (χ1v) is 26.8. The zero-order valence-corrected chi connectivity index (χ0v) is 62.8. The molecule has 0 saturated carbocycles. The minimum absolute atomic E-state index is 0. The molecule has 0 fully saturated rings. The number of primary sulfonamides is 2. The zero-order valence-electron chi connectivity index (χ0n) is 48.4. The summed E-state index contributed by atoms with van der Waals surface area (Å²) in [6, 6.07) is 11.0. The Balaban J connectivity index is -0.000000580. The van der Waals surface area contributed by atoms with Crippen LogP contribution in [0.4, 0.5) is 34.9 Å². The molecule has 29 nitrogen and oxygen atoms in total. The van der Waals surface area contributed by atoms with E-state index in [0.29, 0.717) is 11.5 Å². The van der Waals surface area contributed by atoms with Crippen molar-refractivity contribution in [2.45, 2.75) is 101 Å². The molecule has 4 rings (SSSR count). The molecule has 456 valence electrons. The molecule has 2 aromatic carbocycles. The summed E-state index contributed by atoms with van der Waals surface area (Å²) in [5.74, 6) is -1.25. The molecule has 0 radical (unpaired) electrons. The number of carbonyl (C=O) groups excluding carboxylic acids is 6. The van der Waals surface area contributed by atoms with E-state index >= 15 is 0 Å². The van der Waals surface area contributed by atoms with Crippen LogP contribution in [-0.2, 0) is 76.0 Å². The number of alkyl halides is 2. The molecule has 2 aromatic heterocycles. The molecular weight excluding hydrogens is 1460 g/mol. The predicted octanol–water partition coefficient (Wildman–Crippen LogP) is 0.654. The maximum Gasteiger partial charge on any atom is 1.00 e. The van der Waals surface area contributed by atoms with Gasteiger partial charge in [-0.3, -0.25) is 9.18 Å². The van der Waals surface area contributed by atoms with E-state index in [1.165, 1.54) is 38.5 Å². The Kier molecular flexibility index (Phi) is 42.0. The Morgan fingerprint density at radius 1 is 0.747 bits per heavy atom. The number of aromatic carboxylic acids is 1. The third-order valence-corrected chi connectivity index (χ3v) is 10.9. The number of esters is 1. The molecule has 0 aliphatic heterocycles. The Morgan fingerprint density at radius 2 is 1.12 bits per heavy atom. The number of nitrogens with two attached hydrogens (primary N) is 2. The Bertz CT molecular complexity index is 2910. The van der Waals surface area contributed by atoms with Gasteiger partial charge in [0.1, 0.15) is 45.7 Å². The van der Waals surface area contributed by atoms with Crippen LogP contribution >= 0.6 is 34.8 Å². The third kappa shape index (κ3) is 38.5. The standard InChI is InChI=1S/C22H28ClN3O10S.C12H11ClN2O5S.C10H18ClNO5.CH3F.CH2O3.2Cs.H/c1-13(35-21(29)33-9-7-25-20(28)36-22(2,3)4)34-19(27)15-10-18(37(24,30)31)16(23)11-17(15)26-12-14-6-5-8-32-14;13-9-5-10(15-6-7-2-1-3-20-7)8(12(16)17)4-11(9)21(14,18)19;1-7(11)16-9(14)15-6-5-12-8(13)17-10(2,3)4;1-2;2-1-4-3;;;/h5-6,8,10-11,13,26H,7,9,12H2,1-4H3,(H,25,28)(H2,24,30,31);1-5,15H,6H2,(H,16,17)(H2,14,18,19);7H,5-6H2,1-4H3,(H,12,13);1H3;1,3H;;;/q;;;;;2*+1;-1/p-1/i;;;1D;;;;. The number of ether oxygens (including phenoxy) is 7. The number of alkyl carbamates (subject to hydrolysis) is 2. The van der Waals surface area contributed by atoms with E-state index < -0.39 is 96.5 Å². The van der Waals surface area contributed by atoms with Crippen molar-refractivity contribution < 1.29 is 253 Å². The van der Waals surface area contributed by atoms with Gasteiger partial charge in [0.15, 0.2) is 5.56 Å². The van der Waals surface area contributed by atoms with Crippen molar-refractivity contribution >= 4 is 109 Å². The fourth-order valence-corrected chi connectivity index (χ4v) is 7.42. The molecule has 37 heteroatoms. The van der Waals surface area contributed by atoms with Gasteiger partial charge in [0.25, 0.3) is 6.47 Å². The molecule has 9 N–H and O–H groups in total. The van der Waals surface area contributed by atoms with Gasteiger partial charge in [-0.1, -0.05) is 34.8 Å². The van der Waals surface area contributed by atoms with Crippen LogP contribution in [0.15, 0.2) is 79.7 Å². The van der Waals surface area contributed by atoms with E-state index in [1.54, 1.807) is 65.8 Å². The number of hydrogen-bond acceptors (Lipinski definition) is 24. The number of anilines is 2. The van der Waals surface area contributed by atoms with Gasteiger partial charge in [-0.2, -0.15) is 0 Å². The topological polar surface area (TPSA) is 431 Å². The average Bonchev–Trinajstić information content (AvgIpc) is 4.24. The number of benzene rings is 2. The van der Waals surface area contributed by atoms with Gasteiger partial charge in [-0.15, -0.1) is 0 Å². The summed E-state index contributed by atoms with van der Waals surface area (Å²) in [7, 11) is -9.38. The van der Waals surface area contributed by atoms with Crippen LogP contribution in [0.1, 0.15) is 90.4 Å². The molecule has 4 aromatic rings. The predicted molar refractivity (Wildman–Crippen MR) is 284 cm³/mol. The molecule has 2 amide bonds. The first-order valence-electron chi connectivity index (χ1n) is 23.2. The second kappa shape index (κ2) is 42.6. The SMILES string of the molecule is CC(Cl)OC(=O)OCCNC(=O)OC(C)(C)C.CC(OC(=O)OCCNC(=O)OC(C)(C)C)OC(=O)c1cc(S(N)(=O)=O)c(Cl)cc1NCc1ccco1.NS(=O)(=O)c1cc(C(=O)O)c(NCc2ccco2)cc1Cl.O=CO[O-].[2H]CF.[Cs+].[Cs+].[H-]. The van der Waals surface area contributed by atoms with E-state index in [4.69, 9.17) is 94.1 Å². The number of furan rings is 2. The fraction of sp³-hybridized carbons (Fsp3) is 0.413. The van der Waals surface area contributed by atoms with E-state index in [-0.39, 0.29) is 218 Å². The molecule has 0 bridgehead atoms. The summed E-state index contributed by atoms with van der Waals surface area (Å²) >= 11 is 17.3. The minimum atomic E-state index is -4.27. The molecular formula is C46H62Cl3Cs2FN6O23S2. The van der Waals surface area contributed by atoms with Crippen LogP contribution in [0, 0.1) is 0 Å². The van der Waals surface area contributed by atoms with Gasteiger partial charge in [0, 0.05) is 6.92 Å². The Morgan fingerprint density at radius 3 is 1.45 bits per heavy atom. The molecule has 2 unspecified atom stereocenters. The van der Waals surface area contributed by atoms with Gasteiger partial charge < -0.3 is 79.9 Å². The number of carboxylic acids is 1. The van der Waals surface area contributed by atoms with Crippen LogP contribution in [-0.4, -0.2) is 121 Å². The van der Waals surface area contributed by atoms with Gasteiger partial charge >= 0.3 is 174 Å². The van der Waals surface area contributed by atoms with Crippen molar-refractivity contribution in [1.29, 1.82) is 0 Å². The zero-order chi connectivity index (χ0) is 63.0. The summed E-state index contributed by atoms with van der Waals surface area (Å²) in [6.45, 7) is 13.1. The van der Waals surface area contributed by atoms with Crippen LogP contribution in [0.3, 0.4) is 0 Å². The second-order valence-electron chi connectivity index (χ2n) is 16.9. The van der Waals surface area contributed by atoms with E-state index in [0.717, 1.165) is 12.1 Å². The van der Waals surface area contributed by atoms with Crippen LogP contribution in [0.25, 0.3) is 0 Å². The van der Waals surface area contributed by atoms with Gasteiger partial charge in [-0.05, 0) is 97.0 Å². The maximum absolute atomic E-state index is 12.8. The molecule has 83 heavy (non-hydrogen) atoms. The van der Waals surface area contributed by atoms with Crippen LogP contribution in [0.2, 0.25) is 10.0 Å². The minimum Gasteiger partial charge on any atom is -1.00 e. The number of halogens is 4. The first kappa shape index (κ1) is 81.8. The molecule has 2 heterocycles. The van der Waals surface area contributed by atoms with Crippen molar-refractivity contribution in [3.05, 3.63) is 93.7 Å². The average molecular weight is 1520 g/mol. The summed E-state index contributed by atoms with van der Waals surface area (Å²) in [5, 5.41) is 37.9. The van der Waals surface area contributed by atoms with Gasteiger partial charge in [-0.25, -0.2) is 55.9 Å². The molecule has 0 spiro atoms. The van der Waals surface area contributed by atoms with Crippen molar-refractivity contribution in [2.75, 3.05) is 44.1 Å².